The fourth-order valence-electron chi connectivity index (χ4n) is 2.49. The molecule has 0 unspecified atom stereocenters. The number of ether oxygens (including phenoxy) is 2. The van der Waals surface area contributed by atoms with Crippen molar-refractivity contribution >= 4 is 6.09 Å². The third kappa shape index (κ3) is 3.38. The van der Waals surface area contributed by atoms with Crippen LogP contribution in [0.3, 0.4) is 0 Å². The maximum Gasteiger partial charge on any atom is 0.427 e. The third-order valence-electron chi connectivity index (χ3n) is 3.65. The number of hydrazine groups is 1. The summed E-state index contributed by atoms with van der Waals surface area (Å²) < 4.78 is 10.3. The van der Waals surface area contributed by atoms with Crippen molar-refractivity contribution in [1.29, 1.82) is 0 Å². The van der Waals surface area contributed by atoms with Crippen LogP contribution >= 0.6 is 0 Å². The molecule has 22 heavy (non-hydrogen) atoms. The molecule has 2 aromatic carbocycles. The van der Waals surface area contributed by atoms with Crippen LogP contribution in [-0.4, -0.2) is 24.8 Å². The number of hydrogen-bond acceptors (Lipinski definition) is 4. The van der Waals surface area contributed by atoms with Gasteiger partial charge in [-0.15, -0.1) is 0 Å². The Kier molecular flexibility index (Phi) is 4.25. The van der Waals surface area contributed by atoms with Gasteiger partial charge in [0, 0.05) is 13.1 Å². The molecule has 1 aliphatic rings. The maximum atomic E-state index is 11.9. The Morgan fingerprint density at radius 1 is 1.05 bits per heavy atom. The number of nitrogens with zero attached hydrogens (tertiary/aromatic N) is 1. The second kappa shape index (κ2) is 6.49. The van der Waals surface area contributed by atoms with Gasteiger partial charge in [0.1, 0.15) is 11.5 Å². The largest absolute Gasteiger partial charge is 0.497 e. The van der Waals surface area contributed by atoms with Gasteiger partial charge < -0.3 is 9.47 Å². The molecule has 1 heterocycles. The summed E-state index contributed by atoms with van der Waals surface area (Å²) in [5.41, 5.74) is 5.35. The lowest BCUT2D eigenvalue weighted by molar-refractivity contribution is 0.135. The zero-order valence-corrected chi connectivity index (χ0v) is 12.4. The van der Waals surface area contributed by atoms with Crippen LogP contribution in [0.1, 0.15) is 11.1 Å². The first-order chi connectivity index (χ1) is 10.7. The molecule has 0 aliphatic carbocycles. The Bertz CT molecular complexity index is 655. The average molecular weight is 298 g/mol. The number of methoxy groups -OCH3 is 1. The first kappa shape index (κ1) is 14.4. The number of rotatable bonds is 3. The van der Waals surface area contributed by atoms with Crippen LogP contribution in [0.4, 0.5) is 4.79 Å². The van der Waals surface area contributed by atoms with E-state index in [4.69, 9.17) is 9.47 Å². The minimum atomic E-state index is -0.482. The van der Waals surface area contributed by atoms with Crippen LogP contribution in [0.25, 0.3) is 0 Å². The van der Waals surface area contributed by atoms with E-state index < -0.39 is 6.09 Å². The molecule has 1 N–H and O–H groups in total. The summed E-state index contributed by atoms with van der Waals surface area (Å²) in [6.45, 7) is 1.46. The van der Waals surface area contributed by atoms with Crippen LogP contribution in [0, 0.1) is 0 Å². The van der Waals surface area contributed by atoms with Gasteiger partial charge in [0.05, 0.1) is 7.11 Å². The van der Waals surface area contributed by atoms with Crippen molar-refractivity contribution in [1.82, 2.24) is 10.4 Å². The molecule has 0 fully saturated rings. The lowest BCUT2D eigenvalue weighted by Crippen LogP contribution is -2.46. The van der Waals surface area contributed by atoms with E-state index in [9.17, 15) is 4.79 Å². The Morgan fingerprint density at radius 3 is 2.45 bits per heavy atom. The van der Waals surface area contributed by atoms with Gasteiger partial charge in [-0.1, -0.05) is 24.3 Å². The number of nitrogens with one attached hydrogen (secondary N) is 1. The molecule has 114 valence electrons. The highest BCUT2D eigenvalue weighted by Gasteiger charge is 2.18. The maximum absolute atomic E-state index is 11.9. The summed E-state index contributed by atoms with van der Waals surface area (Å²) in [6, 6.07) is 15.2. The first-order valence-corrected chi connectivity index (χ1v) is 7.19. The van der Waals surface area contributed by atoms with Gasteiger partial charge in [-0.3, -0.25) is 5.43 Å². The van der Waals surface area contributed by atoms with Crippen LogP contribution in [0.2, 0.25) is 0 Å². The lowest BCUT2D eigenvalue weighted by Gasteiger charge is -2.28. The molecule has 5 heteroatoms. The first-order valence-electron chi connectivity index (χ1n) is 7.19. The summed E-state index contributed by atoms with van der Waals surface area (Å²) in [6.07, 6.45) is 0.434. The molecule has 0 radical (unpaired) electrons. The molecule has 1 aliphatic heterocycles. The fourth-order valence-corrected chi connectivity index (χ4v) is 2.49. The summed E-state index contributed by atoms with van der Waals surface area (Å²) in [4.78, 5) is 11.9. The molecule has 3 rings (SSSR count). The van der Waals surface area contributed by atoms with Gasteiger partial charge in [-0.2, -0.15) is 0 Å². The van der Waals surface area contributed by atoms with Gasteiger partial charge in [0.2, 0.25) is 0 Å². The molecular formula is C17H18N2O3. The topological polar surface area (TPSA) is 50.8 Å². The molecule has 0 spiro atoms. The molecule has 0 aromatic heterocycles. The smallest absolute Gasteiger partial charge is 0.427 e. The fraction of sp³-hybridized carbons (Fsp3) is 0.235. The number of benzene rings is 2. The van der Waals surface area contributed by atoms with Crippen LogP contribution in [-0.2, 0) is 13.0 Å². The third-order valence-corrected chi connectivity index (χ3v) is 3.65. The quantitative estimate of drug-likeness (QED) is 0.946. The number of fused-ring (bicyclic) bond motifs is 1. The highest BCUT2D eigenvalue weighted by Crippen LogP contribution is 2.18. The molecule has 0 atom stereocenters. The summed E-state index contributed by atoms with van der Waals surface area (Å²) in [5, 5.41) is 1.87. The molecule has 1 amide bonds. The van der Waals surface area contributed by atoms with Crippen molar-refractivity contribution in [2.45, 2.75) is 13.0 Å². The van der Waals surface area contributed by atoms with E-state index in [-0.39, 0.29) is 0 Å². The van der Waals surface area contributed by atoms with E-state index in [2.05, 4.69) is 17.6 Å². The van der Waals surface area contributed by atoms with Gasteiger partial charge in [-0.05, 0) is 41.8 Å². The Balaban J connectivity index is 1.56. The highest BCUT2D eigenvalue weighted by molar-refractivity contribution is 5.69. The molecule has 2 aromatic rings. The van der Waals surface area contributed by atoms with Crippen LogP contribution < -0.4 is 14.9 Å². The molecule has 0 saturated heterocycles. The van der Waals surface area contributed by atoms with Crippen molar-refractivity contribution in [3.63, 3.8) is 0 Å². The Labute approximate surface area is 129 Å². The molecule has 0 saturated carbocycles. The Hall–Kier alpha value is -2.53. The molecule has 5 nitrogen and oxygen atoms in total. The van der Waals surface area contributed by atoms with Gasteiger partial charge in [0.25, 0.3) is 0 Å². The van der Waals surface area contributed by atoms with Crippen LogP contribution in [0.15, 0.2) is 48.5 Å². The second-order valence-corrected chi connectivity index (χ2v) is 5.12. The summed E-state index contributed by atoms with van der Waals surface area (Å²) in [7, 11) is 1.59. The molecule has 0 bridgehead atoms. The van der Waals surface area contributed by atoms with Crippen molar-refractivity contribution in [2.24, 2.45) is 0 Å². The standard InChI is InChI=1S/C17H18N2O3/c1-21-15-6-8-16(9-7-15)22-17(20)18-19-11-10-13-4-2-3-5-14(13)12-19/h2-9H,10-12H2,1H3,(H,18,20). The van der Waals surface area contributed by atoms with E-state index in [1.807, 2.05) is 17.1 Å². The minimum absolute atomic E-state index is 0.482. The predicted octanol–water partition coefficient (Wildman–Crippen LogP) is 2.76. The zero-order chi connectivity index (χ0) is 15.4. The summed E-state index contributed by atoms with van der Waals surface area (Å²) >= 11 is 0. The van der Waals surface area contributed by atoms with E-state index in [1.165, 1.54) is 11.1 Å². The van der Waals surface area contributed by atoms with E-state index in [0.717, 1.165) is 18.7 Å². The number of hydrogen-bond donors (Lipinski definition) is 1. The molecular weight excluding hydrogens is 280 g/mol. The number of amides is 1. The van der Waals surface area contributed by atoms with Gasteiger partial charge >= 0.3 is 6.09 Å². The van der Waals surface area contributed by atoms with E-state index >= 15 is 0 Å². The second-order valence-electron chi connectivity index (χ2n) is 5.12. The summed E-state index contributed by atoms with van der Waals surface area (Å²) in [5.74, 6) is 1.20. The normalized spacial score (nSPS) is 14.0. The number of carbonyl (C=O) groups is 1. The van der Waals surface area contributed by atoms with E-state index in [1.54, 1.807) is 31.4 Å². The number of carbonyl (C=O) groups excluding carboxylic acids is 1. The SMILES string of the molecule is COc1ccc(OC(=O)NN2CCc3ccccc3C2)cc1. The van der Waals surface area contributed by atoms with Crippen molar-refractivity contribution in [3.8, 4) is 11.5 Å². The van der Waals surface area contributed by atoms with Crippen molar-refractivity contribution < 1.29 is 14.3 Å². The van der Waals surface area contributed by atoms with Gasteiger partial charge in [-0.25, -0.2) is 9.80 Å². The highest BCUT2D eigenvalue weighted by atomic mass is 16.6. The Morgan fingerprint density at radius 2 is 1.73 bits per heavy atom. The van der Waals surface area contributed by atoms with Gasteiger partial charge in [0.15, 0.2) is 0 Å². The van der Waals surface area contributed by atoms with Crippen molar-refractivity contribution in [3.05, 3.63) is 59.7 Å². The van der Waals surface area contributed by atoms with E-state index in [0.29, 0.717) is 12.3 Å². The zero-order valence-electron chi connectivity index (χ0n) is 12.4. The average Bonchev–Trinajstić information content (AvgIpc) is 2.55. The monoisotopic (exact) mass is 298 g/mol. The van der Waals surface area contributed by atoms with Crippen LogP contribution in [0.5, 0.6) is 11.5 Å². The van der Waals surface area contributed by atoms with Crippen molar-refractivity contribution in [2.75, 3.05) is 13.7 Å². The predicted molar refractivity (Wildman–Crippen MR) is 82.7 cm³/mol. The lowest BCUT2D eigenvalue weighted by atomic mass is 10.0. The minimum Gasteiger partial charge on any atom is -0.497 e.